The number of carboxylic acids is 1. The summed E-state index contributed by atoms with van der Waals surface area (Å²) in [6, 6.07) is 4.95. The van der Waals surface area contributed by atoms with Gasteiger partial charge in [-0.1, -0.05) is 12.1 Å². The maximum absolute atomic E-state index is 12.9. The molecule has 0 amide bonds. The van der Waals surface area contributed by atoms with Crippen molar-refractivity contribution in [3.63, 3.8) is 0 Å². The lowest BCUT2D eigenvalue weighted by molar-refractivity contribution is 0.0695. The van der Waals surface area contributed by atoms with Crippen molar-refractivity contribution >= 4 is 27.3 Å². The lowest BCUT2D eigenvalue weighted by Crippen LogP contribution is -2.26. The fraction of sp³-hybridized carbons (Fsp3) is 0.267. The molecule has 1 N–H and O–H groups in total. The Bertz CT molecular complexity index is 848. The number of rotatable bonds is 3. The molecule has 0 bridgehead atoms. The Balaban J connectivity index is 2.03. The summed E-state index contributed by atoms with van der Waals surface area (Å²) in [6.45, 7) is 3.89. The Morgan fingerprint density at radius 2 is 2.00 bits per heavy atom. The summed E-state index contributed by atoms with van der Waals surface area (Å²) in [5.41, 5.74) is 2.25. The molecule has 1 aromatic heterocycles. The minimum atomic E-state index is -3.62. The van der Waals surface area contributed by atoms with Crippen molar-refractivity contribution in [1.82, 2.24) is 4.31 Å². The molecule has 7 heteroatoms. The van der Waals surface area contributed by atoms with Gasteiger partial charge in [0.25, 0.3) is 0 Å². The maximum atomic E-state index is 12.9. The van der Waals surface area contributed by atoms with Crippen molar-refractivity contribution in [1.29, 1.82) is 0 Å². The van der Waals surface area contributed by atoms with Crippen LogP contribution in [0.3, 0.4) is 0 Å². The van der Waals surface area contributed by atoms with Crippen LogP contribution in [0.4, 0.5) is 0 Å². The van der Waals surface area contributed by atoms with Crippen LogP contribution >= 0.6 is 11.3 Å². The Kier molecular flexibility index (Phi) is 3.58. The standard InChI is InChI=1S/C15H15NO4S2/c1-9-8-21-10(2)14(9)22(19,20)16-6-11-4-3-5-12(15(17)18)13(11)7-16/h3-5,8H,6-7H2,1-2H3,(H,17,18). The number of benzene rings is 1. The van der Waals surface area contributed by atoms with Gasteiger partial charge in [-0.3, -0.25) is 0 Å². The van der Waals surface area contributed by atoms with E-state index in [4.69, 9.17) is 0 Å². The quantitative estimate of drug-likeness (QED) is 0.934. The van der Waals surface area contributed by atoms with Gasteiger partial charge in [0.15, 0.2) is 0 Å². The summed E-state index contributed by atoms with van der Waals surface area (Å²) >= 11 is 1.41. The van der Waals surface area contributed by atoms with Crippen LogP contribution in [0, 0.1) is 13.8 Å². The minimum Gasteiger partial charge on any atom is -0.478 e. The van der Waals surface area contributed by atoms with E-state index in [0.717, 1.165) is 16.0 Å². The number of hydrogen-bond acceptors (Lipinski definition) is 4. The summed E-state index contributed by atoms with van der Waals surface area (Å²) in [7, 11) is -3.62. The van der Waals surface area contributed by atoms with Crippen molar-refractivity contribution in [2.75, 3.05) is 0 Å². The molecule has 0 saturated heterocycles. The first kappa shape index (κ1) is 15.2. The molecule has 22 heavy (non-hydrogen) atoms. The average Bonchev–Trinajstić information content (AvgIpc) is 3.02. The topological polar surface area (TPSA) is 74.7 Å². The first-order valence-electron chi connectivity index (χ1n) is 6.71. The number of carboxylic acid groups (broad SMARTS) is 1. The zero-order valence-corrected chi connectivity index (χ0v) is 13.8. The highest BCUT2D eigenvalue weighted by atomic mass is 32.2. The minimum absolute atomic E-state index is 0.106. The summed E-state index contributed by atoms with van der Waals surface area (Å²) in [4.78, 5) is 12.4. The van der Waals surface area contributed by atoms with Gasteiger partial charge in [-0.05, 0) is 42.0 Å². The first-order chi connectivity index (χ1) is 10.3. The third-order valence-corrected chi connectivity index (χ3v) is 7.11. The van der Waals surface area contributed by atoms with Gasteiger partial charge < -0.3 is 5.11 Å². The van der Waals surface area contributed by atoms with E-state index in [1.165, 1.54) is 21.7 Å². The van der Waals surface area contributed by atoms with Crippen LogP contribution < -0.4 is 0 Å². The summed E-state index contributed by atoms with van der Waals surface area (Å²) in [5, 5.41) is 11.1. The molecule has 0 spiro atoms. The van der Waals surface area contributed by atoms with Gasteiger partial charge in [0.2, 0.25) is 10.0 Å². The average molecular weight is 337 g/mol. The molecule has 3 rings (SSSR count). The van der Waals surface area contributed by atoms with Crippen molar-refractivity contribution in [2.45, 2.75) is 31.8 Å². The molecule has 1 aliphatic heterocycles. The molecule has 5 nitrogen and oxygen atoms in total. The van der Waals surface area contributed by atoms with Gasteiger partial charge in [-0.15, -0.1) is 11.3 Å². The molecule has 1 aromatic carbocycles. The van der Waals surface area contributed by atoms with E-state index in [-0.39, 0.29) is 18.7 Å². The van der Waals surface area contributed by atoms with Crippen LogP contribution in [0.5, 0.6) is 0 Å². The number of carbonyl (C=O) groups is 1. The van der Waals surface area contributed by atoms with Crippen LogP contribution in [0.1, 0.15) is 31.9 Å². The molecule has 2 heterocycles. The summed E-state index contributed by atoms with van der Waals surface area (Å²) in [6.07, 6.45) is 0. The lowest BCUT2D eigenvalue weighted by atomic mass is 10.0. The summed E-state index contributed by atoms with van der Waals surface area (Å²) in [5.74, 6) is -1.03. The highest BCUT2D eigenvalue weighted by Gasteiger charge is 2.34. The third kappa shape index (κ3) is 2.25. The normalized spacial score (nSPS) is 15.0. The molecule has 0 radical (unpaired) electrons. The highest BCUT2D eigenvalue weighted by Crippen LogP contribution is 2.34. The molecule has 1 aliphatic rings. The Morgan fingerprint density at radius 3 is 2.59 bits per heavy atom. The molecule has 0 saturated carbocycles. The third-order valence-electron chi connectivity index (χ3n) is 3.87. The largest absolute Gasteiger partial charge is 0.478 e. The van der Waals surface area contributed by atoms with Crippen LogP contribution in [-0.2, 0) is 23.1 Å². The van der Waals surface area contributed by atoms with E-state index in [1.54, 1.807) is 26.0 Å². The van der Waals surface area contributed by atoms with Gasteiger partial charge in [0.05, 0.1) is 10.5 Å². The van der Waals surface area contributed by atoms with Crippen LogP contribution in [0.2, 0.25) is 0 Å². The molecule has 0 aliphatic carbocycles. The number of aromatic carboxylic acids is 1. The van der Waals surface area contributed by atoms with Gasteiger partial charge in [-0.2, -0.15) is 4.31 Å². The maximum Gasteiger partial charge on any atom is 0.336 e. The highest BCUT2D eigenvalue weighted by molar-refractivity contribution is 7.89. The fourth-order valence-electron chi connectivity index (χ4n) is 2.84. The molecule has 0 fully saturated rings. The van der Waals surface area contributed by atoms with Crippen LogP contribution in [0.15, 0.2) is 28.5 Å². The lowest BCUT2D eigenvalue weighted by Gasteiger charge is -2.16. The SMILES string of the molecule is Cc1csc(C)c1S(=O)(=O)N1Cc2cccc(C(=O)O)c2C1. The first-order valence-corrected chi connectivity index (χ1v) is 9.03. The smallest absolute Gasteiger partial charge is 0.336 e. The van der Waals surface area contributed by atoms with Crippen molar-refractivity contribution in [3.05, 3.63) is 50.7 Å². The van der Waals surface area contributed by atoms with Crippen molar-refractivity contribution in [2.24, 2.45) is 0 Å². The second-order valence-electron chi connectivity index (χ2n) is 5.33. The van der Waals surface area contributed by atoms with E-state index in [1.807, 2.05) is 5.38 Å². The zero-order valence-electron chi connectivity index (χ0n) is 12.2. The Hall–Kier alpha value is -1.70. The number of fused-ring (bicyclic) bond motifs is 1. The predicted octanol–water partition coefficient (Wildman–Crippen LogP) is 2.77. The molecular weight excluding hydrogens is 322 g/mol. The van der Waals surface area contributed by atoms with Crippen LogP contribution in [-0.4, -0.2) is 23.8 Å². The number of thiophene rings is 1. The number of hydrogen-bond donors (Lipinski definition) is 1. The number of nitrogens with zero attached hydrogens (tertiary/aromatic N) is 1. The Labute approximate surface area is 132 Å². The van der Waals surface area contributed by atoms with Crippen LogP contribution in [0.25, 0.3) is 0 Å². The Morgan fingerprint density at radius 1 is 1.27 bits per heavy atom. The monoisotopic (exact) mass is 337 g/mol. The van der Waals surface area contributed by atoms with Crippen molar-refractivity contribution in [3.8, 4) is 0 Å². The second-order valence-corrected chi connectivity index (χ2v) is 8.28. The number of aryl methyl sites for hydroxylation is 2. The van der Waals surface area contributed by atoms with E-state index in [2.05, 4.69) is 0 Å². The van der Waals surface area contributed by atoms with Gasteiger partial charge >= 0.3 is 5.97 Å². The predicted molar refractivity (Wildman–Crippen MR) is 83.6 cm³/mol. The fourth-order valence-corrected chi connectivity index (χ4v) is 5.81. The second kappa shape index (κ2) is 5.19. The van der Waals surface area contributed by atoms with Gasteiger partial charge in [0.1, 0.15) is 0 Å². The molecule has 0 unspecified atom stereocenters. The van der Waals surface area contributed by atoms with E-state index in [0.29, 0.717) is 10.5 Å². The molecule has 116 valence electrons. The molecule has 2 aromatic rings. The zero-order chi connectivity index (χ0) is 16.1. The van der Waals surface area contributed by atoms with E-state index in [9.17, 15) is 18.3 Å². The molecular formula is C15H15NO4S2. The molecule has 0 atom stereocenters. The summed E-state index contributed by atoms with van der Waals surface area (Å²) < 4.78 is 27.1. The number of sulfonamides is 1. The van der Waals surface area contributed by atoms with E-state index < -0.39 is 16.0 Å². The van der Waals surface area contributed by atoms with Gasteiger partial charge in [0, 0.05) is 18.0 Å². The van der Waals surface area contributed by atoms with Gasteiger partial charge in [-0.25, -0.2) is 13.2 Å². The van der Waals surface area contributed by atoms with E-state index >= 15 is 0 Å². The van der Waals surface area contributed by atoms with Crippen molar-refractivity contribution < 1.29 is 18.3 Å².